The number of rotatable bonds is 3. The van der Waals surface area contributed by atoms with Crippen molar-refractivity contribution in [1.29, 1.82) is 0 Å². The van der Waals surface area contributed by atoms with Crippen molar-refractivity contribution in [3.63, 3.8) is 0 Å². The molecule has 2 fully saturated rings. The van der Waals surface area contributed by atoms with Crippen LogP contribution >= 0.6 is 0 Å². The number of piperidine rings is 1. The molecule has 0 N–H and O–H groups in total. The van der Waals surface area contributed by atoms with E-state index in [1.807, 2.05) is 11.9 Å². The molecule has 2 aromatic rings. The quantitative estimate of drug-likeness (QED) is 0.694. The van der Waals surface area contributed by atoms with Crippen molar-refractivity contribution in [2.45, 2.75) is 38.6 Å². The summed E-state index contributed by atoms with van der Waals surface area (Å²) in [6.45, 7) is 3.44. The van der Waals surface area contributed by atoms with Crippen LogP contribution in [0.3, 0.4) is 0 Å². The fourth-order valence-electron chi connectivity index (χ4n) is 5.42. The Morgan fingerprint density at radius 2 is 1.62 bits per heavy atom. The number of aryl methyl sites for hydroxylation is 1. The first-order chi connectivity index (χ1) is 16.4. The number of fused-ring (bicyclic) bond motifs is 1. The molecule has 0 radical (unpaired) electrons. The van der Waals surface area contributed by atoms with Crippen molar-refractivity contribution >= 4 is 17.7 Å². The Bertz CT molecular complexity index is 1110. The Hall–Kier alpha value is -3.23. The van der Waals surface area contributed by atoms with Gasteiger partial charge in [-0.2, -0.15) is 5.10 Å². The van der Waals surface area contributed by atoms with Crippen LogP contribution in [0.5, 0.6) is 0 Å². The third kappa shape index (κ3) is 4.19. The summed E-state index contributed by atoms with van der Waals surface area (Å²) in [5.41, 5.74) is 2.50. The average Bonchev–Trinajstić information content (AvgIpc) is 3.51. The SMILES string of the molecule is Cn1nc(C(=O)N2CCCC(C(=O)N3CCCC3)C2)c2c1CCN(C(=O)c1ccc(F)cc1)C2. The number of hydrogen-bond donors (Lipinski definition) is 0. The van der Waals surface area contributed by atoms with Crippen molar-refractivity contribution in [1.82, 2.24) is 24.5 Å². The molecule has 0 saturated carbocycles. The van der Waals surface area contributed by atoms with E-state index < -0.39 is 0 Å². The molecule has 180 valence electrons. The van der Waals surface area contributed by atoms with Crippen LogP contribution in [0.4, 0.5) is 4.39 Å². The minimum Gasteiger partial charge on any atom is -0.342 e. The first-order valence-electron chi connectivity index (χ1n) is 12.1. The number of halogens is 1. The molecule has 1 aromatic heterocycles. The van der Waals surface area contributed by atoms with Crippen LogP contribution in [-0.2, 0) is 24.8 Å². The lowest BCUT2D eigenvalue weighted by atomic mass is 9.95. The fraction of sp³-hybridized carbons (Fsp3) is 0.520. The lowest BCUT2D eigenvalue weighted by Crippen LogP contribution is -2.46. The molecule has 0 aliphatic carbocycles. The van der Waals surface area contributed by atoms with Crippen molar-refractivity contribution in [3.8, 4) is 0 Å². The molecule has 5 rings (SSSR count). The predicted molar refractivity (Wildman–Crippen MR) is 122 cm³/mol. The summed E-state index contributed by atoms with van der Waals surface area (Å²) < 4.78 is 15.0. The normalized spacial score (nSPS) is 20.4. The van der Waals surface area contributed by atoms with Gasteiger partial charge in [0.05, 0.1) is 12.5 Å². The molecule has 4 heterocycles. The molecule has 1 unspecified atom stereocenters. The minimum absolute atomic E-state index is 0.160. The molecule has 1 atom stereocenters. The molecule has 34 heavy (non-hydrogen) atoms. The summed E-state index contributed by atoms with van der Waals surface area (Å²) in [4.78, 5) is 44.8. The number of likely N-dealkylation sites (tertiary alicyclic amines) is 2. The first kappa shape index (κ1) is 22.6. The summed E-state index contributed by atoms with van der Waals surface area (Å²) in [5.74, 6) is -0.754. The highest BCUT2D eigenvalue weighted by Crippen LogP contribution is 2.27. The number of hydrogen-bond acceptors (Lipinski definition) is 4. The van der Waals surface area contributed by atoms with Gasteiger partial charge in [-0.15, -0.1) is 0 Å². The van der Waals surface area contributed by atoms with Crippen molar-refractivity contribution in [2.75, 3.05) is 32.7 Å². The maximum Gasteiger partial charge on any atom is 0.274 e. The summed E-state index contributed by atoms with van der Waals surface area (Å²) in [6, 6.07) is 5.51. The fourth-order valence-corrected chi connectivity index (χ4v) is 5.42. The van der Waals surface area contributed by atoms with E-state index in [0.29, 0.717) is 37.3 Å². The van der Waals surface area contributed by atoms with Gasteiger partial charge >= 0.3 is 0 Å². The van der Waals surface area contributed by atoms with Crippen LogP contribution in [0.2, 0.25) is 0 Å². The number of aromatic nitrogens is 2. The molecule has 1 aromatic carbocycles. The Kier molecular flexibility index (Phi) is 6.10. The summed E-state index contributed by atoms with van der Waals surface area (Å²) in [7, 11) is 1.82. The van der Waals surface area contributed by atoms with E-state index in [1.54, 1.807) is 14.5 Å². The summed E-state index contributed by atoms with van der Waals surface area (Å²) >= 11 is 0. The lowest BCUT2D eigenvalue weighted by Gasteiger charge is -2.34. The highest BCUT2D eigenvalue weighted by Gasteiger charge is 2.36. The second kappa shape index (κ2) is 9.19. The first-order valence-corrected chi connectivity index (χ1v) is 12.1. The number of carbonyl (C=O) groups excluding carboxylic acids is 3. The van der Waals surface area contributed by atoms with Crippen LogP contribution in [0, 0.1) is 11.7 Å². The minimum atomic E-state index is -0.388. The molecule has 3 aliphatic rings. The third-order valence-electron chi connectivity index (χ3n) is 7.30. The smallest absolute Gasteiger partial charge is 0.274 e. The van der Waals surface area contributed by atoms with Crippen molar-refractivity contribution in [2.24, 2.45) is 13.0 Å². The molecule has 8 nitrogen and oxygen atoms in total. The number of amides is 3. The number of nitrogens with zero attached hydrogens (tertiary/aromatic N) is 5. The van der Waals surface area contributed by atoms with Gasteiger partial charge in [0.2, 0.25) is 5.91 Å². The van der Waals surface area contributed by atoms with Gasteiger partial charge < -0.3 is 14.7 Å². The van der Waals surface area contributed by atoms with Gasteiger partial charge in [-0.05, 0) is 49.9 Å². The Labute approximate surface area is 198 Å². The summed E-state index contributed by atoms with van der Waals surface area (Å²) in [6.07, 6.45) is 4.29. The average molecular weight is 468 g/mol. The molecular weight excluding hydrogens is 437 g/mol. The maximum absolute atomic E-state index is 13.5. The van der Waals surface area contributed by atoms with Gasteiger partial charge in [-0.3, -0.25) is 19.1 Å². The standard InChI is InChI=1S/C25H30FN5O3/c1-28-21-10-14-31(23(32)17-6-8-19(26)9-7-17)16-20(21)22(27-28)25(34)30-13-4-5-18(15-30)24(33)29-11-2-3-12-29/h6-9,18H,2-5,10-16H2,1H3. The Morgan fingerprint density at radius 3 is 2.35 bits per heavy atom. The van der Waals surface area contributed by atoms with Gasteiger partial charge in [0.15, 0.2) is 5.69 Å². The van der Waals surface area contributed by atoms with Gasteiger partial charge in [-0.1, -0.05) is 0 Å². The Morgan fingerprint density at radius 1 is 0.912 bits per heavy atom. The molecule has 3 aliphatic heterocycles. The monoisotopic (exact) mass is 467 g/mol. The van der Waals surface area contributed by atoms with Crippen LogP contribution in [0.25, 0.3) is 0 Å². The van der Waals surface area contributed by atoms with E-state index in [2.05, 4.69) is 5.10 Å². The molecule has 0 bridgehead atoms. The predicted octanol–water partition coefficient (Wildman–Crippen LogP) is 2.23. The molecule has 9 heteroatoms. The van der Waals surface area contributed by atoms with Gasteiger partial charge in [0.25, 0.3) is 11.8 Å². The van der Waals surface area contributed by atoms with Crippen LogP contribution in [0.1, 0.15) is 57.8 Å². The van der Waals surface area contributed by atoms with E-state index in [1.165, 1.54) is 24.3 Å². The van der Waals surface area contributed by atoms with Gasteiger partial charge in [0.1, 0.15) is 5.82 Å². The molecular formula is C25H30FN5O3. The zero-order chi connectivity index (χ0) is 23.8. The maximum atomic E-state index is 13.5. The third-order valence-corrected chi connectivity index (χ3v) is 7.30. The number of carbonyl (C=O) groups is 3. The van der Waals surface area contributed by atoms with E-state index in [0.717, 1.165) is 50.0 Å². The second-order valence-electron chi connectivity index (χ2n) is 9.50. The lowest BCUT2D eigenvalue weighted by molar-refractivity contribution is -0.135. The molecule has 0 spiro atoms. The molecule has 2 saturated heterocycles. The Balaban J connectivity index is 1.33. The van der Waals surface area contributed by atoms with Crippen LogP contribution < -0.4 is 0 Å². The summed E-state index contributed by atoms with van der Waals surface area (Å²) in [5, 5.41) is 4.54. The van der Waals surface area contributed by atoms with E-state index >= 15 is 0 Å². The van der Waals surface area contributed by atoms with Crippen molar-refractivity contribution < 1.29 is 18.8 Å². The van der Waals surface area contributed by atoms with Crippen LogP contribution in [-0.4, -0.2) is 74.9 Å². The molecule has 3 amide bonds. The van der Waals surface area contributed by atoms with E-state index in [4.69, 9.17) is 0 Å². The number of benzene rings is 1. The van der Waals surface area contributed by atoms with Gasteiger partial charge in [0, 0.05) is 63.0 Å². The largest absolute Gasteiger partial charge is 0.342 e. The van der Waals surface area contributed by atoms with E-state index in [9.17, 15) is 18.8 Å². The van der Waals surface area contributed by atoms with E-state index in [-0.39, 0.29) is 36.0 Å². The highest BCUT2D eigenvalue weighted by molar-refractivity contribution is 5.96. The van der Waals surface area contributed by atoms with Crippen molar-refractivity contribution in [3.05, 3.63) is 52.6 Å². The van der Waals surface area contributed by atoms with Crippen LogP contribution in [0.15, 0.2) is 24.3 Å². The highest BCUT2D eigenvalue weighted by atomic mass is 19.1. The topological polar surface area (TPSA) is 78.8 Å². The zero-order valence-electron chi connectivity index (χ0n) is 19.5. The second-order valence-corrected chi connectivity index (χ2v) is 9.50. The zero-order valence-corrected chi connectivity index (χ0v) is 19.5. The van der Waals surface area contributed by atoms with Gasteiger partial charge in [-0.25, -0.2) is 4.39 Å².